The van der Waals surface area contributed by atoms with E-state index in [0.717, 1.165) is 36.8 Å². The van der Waals surface area contributed by atoms with Crippen molar-refractivity contribution in [1.82, 2.24) is 4.68 Å². The molecule has 1 aliphatic carbocycles. The summed E-state index contributed by atoms with van der Waals surface area (Å²) in [5.74, 6) is -0.562. The number of pyridine rings is 1. The molecule has 1 heterocycles. The maximum absolute atomic E-state index is 13.4. The van der Waals surface area contributed by atoms with Crippen molar-refractivity contribution in [3.05, 3.63) is 69.1 Å². The van der Waals surface area contributed by atoms with Crippen LogP contribution < -0.4 is 11.0 Å². The van der Waals surface area contributed by atoms with Gasteiger partial charge in [0.25, 0.3) is 5.56 Å². The van der Waals surface area contributed by atoms with Crippen LogP contribution in [0.5, 0.6) is 0 Å². The van der Waals surface area contributed by atoms with Crippen molar-refractivity contribution >= 4 is 28.3 Å². The van der Waals surface area contributed by atoms with Gasteiger partial charge in [-0.05, 0) is 48.9 Å². The molecule has 1 aromatic heterocycles. The number of fused-ring (bicyclic) bond motifs is 1. The molecule has 1 aliphatic rings. The number of aryl methyl sites for hydroxylation is 1. The molecule has 3 aromatic rings. The van der Waals surface area contributed by atoms with Crippen LogP contribution in [-0.4, -0.2) is 23.8 Å². The van der Waals surface area contributed by atoms with E-state index in [1.54, 1.807) is 18.2 Å². The van der Waals surface area contributed by atoms with Crippen molar-refractivity contribution in [3.8, 4) is 11.1 Å². The van der Waals surface area contributed by atoms with E-state index >= 15 is 0 Å². The number of hydrogen-bond donors (Lipinski definition) is 1. The number of rotatable bonds is 4. The molecule has 1 saturated carbocycles. The van der Waals surface area contributed by atoms with E-state index in [-0.39, 0.29) is 17.3 Å². The number of ether oxygens (including phenoxy) is 1. The number of halogens is 1. The Bertz CT molecular complexity index is 1150. The molecule has 4 rings (SSSR count). The third-order valence-corrected chi connectivity index (χ3v) is 6.02. The van der Waals surface area contributed by atoms with E-state index < -0.39 is 5.97 Å². The first-order valence-corrected chi connectivity index (χ1v) is 10.7. The number of benzene rings is 2. The van der Waals surface area contributed by atoms with E-state index in [1.165, 1.54) is 18.2 Å². The van der Waals surface area contributed by atoms with Gasteiger partial charge in [-0.3, -0.25) is 4.79 Å². The maximum Gasteiger partial charge on any atom is 0.357 e. The predicted molar refractivity (Wildman–Crippen MR) is 121 cm³/mol. The zero-order valence-electron chi connectivity index (χ0n) is 17.2. The van der Waals surface area contributed by atoms with Crippen molar-refractivity contribution in [2.24, 2.45) is 0 Å². The van der Waals surface area contributed by atoms with Crippen LogP contribution in [0, 0.1) is 6.92 Å². The van der Waals surface area contributed by atoms with E-state index in [2.05, 4.69) is 5.43 Å². The lowest BCUT2D eigenvalue weighted by atomic mass is 9.95. The lowest BCUT2D eigenvalue weighted by Gasteiger charge is -2.27. The predicted octanol–water partition coefficient (Wildman–Crippen LogP) is 5.29. The minimum Gasteiger partial charge on any atom is -0.464 e. The summed E-state index contributed by atoms with van der Waals surface area (Å²) in [5, 5.41) is 1.65. The zero-order chi connectivity index (χ0) is 21.3. The molecule has 0 bridgehead atoms. The number of aromatic nitrogens is 1. The van der Waals surface area contributed by atoms with Gasteiger partial charge in [0, 0.05) is 22.0 Å². The highest BCUT2D eigenvalue weighted by molar-refractivity contribution is 6.31. The van der Waals surface area contributed by atoms with Crippen LogP contribution in [0.25, 0.3) is 21.9 Å². The van der Waals surface area contributed by atoms with Crippen molar-refractivity contribution in [1.29, 1.82) is 0 Å². The second kappa shape index (κ2) is 8.52. The molecule has 0 atom stereocenters. The molecule has 0 spiro atoms. The lowest BCUT2D eigenvalue weighted by Crippen LogP contribution is -2.40. The molecule has 1 N–H and O–H groups in total. The number of nitrogens with zero attached hydrogens (tertiary/aromatic N) is 1. The van der Waals surface area contributed by atoms with E-state index in [9.17, 15) is 9.59 Å². The molecule has 1 fully saturated rings. The Hall–Kier alpha value is -2.79. The zero-order valence-corrected chi connectivity index (χ0v) is 18.0. The molecule has 5 nitrogen and oxygen atoms in total. The average molecular weight is 425 g/mol. The van der Waals surface area contributed by atoms with Crippen molar-refractivity contribution in [3.63, 3.8) is 0 Å². The van der Waals surface area contributed by atoms with Crippen molar-refractivity contribution in [2.45, 2.75) is 45.1 Å². The van der Waals surface area contributed by atoms with Gasteiger partial charge in [0.2, 0.25) is 0 Å². The molecular formula is C24H25ClN2O3. The SMILES string of the molecule is COC(=O)c1c(-c2ccc(C)cc2)c2cc(Cl)ccc2c(=O)n1NC1CCCCC1. The summed E-state index contributed by atoms with van der Waals surface area (Å²) in [7, 11) is 1.33. The summed E-state index contributed by atoms with van der Waals surface area (Å²) < 4.78 is 6.51. The second-order valence-corrected chi connectivity index (χ2v) is 8.31. The van der Waals surface area contributed by atoms with Crippen LogP contribution in [0.1, 0.15) is 48.2 Å². The smallest absolute Gasteiger partial charge is 0.357 e. The lowest BCUT2D eigenvalue weighted by molar-refractivity contribution is 0.0589. The average Bonchev–Trinajstić information content (AvgIpc) is 2.76. The normalized spacial score (nSPS) is 14.6. The molecule has 0 radical (unpaired) electrons. The fraction of sp³-hybridized carbons (Fsp3) is 0.333. The van der Waals surface area contributed by atoms with Crippen LogP contribution in [0.3, 0.4) is 0 Å². The highest BCUT2D eigenvalue weighted by atomic mass is 35.5. The van der Waals surface area contributed by atoms with Gasteiger partial charge in [-0.1, -0.05) is 60.7 Å². The summed E-state index contributed by atoms with van der Waals surface area (Å²) >= 11 is 6.28. The quantitative estimate of drug-likeness (QED) is 0.578. The Kier molecular flexibility index (Phi) is 5.82. The Morgan fingerprint density at radius 3 is 2.43 bits per heavy atom. The van der Waals surface area contributed by atoms with Gasteiger partial charge in [0.15, 0.2) is 5.69 Å². The molecule has 2 aromatic carbocycles. The van der Waals surface area contributed by atoms with Crippen LogP contribution in [0.4, 0.5) is 0 Å². The second-order valence-electron chi connectivity index (χ2n) is 7.88. The molecule has 30 heavy (non-hydrogen) atoms. The number of methoxy groups -OCH3 is 1. The standard InChI is InChI=1S/C24H25ClN2O3/c1-15-8-10-16(11-9-15)21-20-14-17(25)12-13-19(20)23(28)27(22(21)24(29)30-2)26-18-6-4-3-5-7-18/h8-14,18,26H,3-7H2,1-2H3. The van der Waals surface area contributed by atoms with Crippen LogP contribution >= 0.6 is 11.6 Å². The van der Waals surface area contributed by atoms with Gasteiger partial charge in [-0.15, -0.1) is 0 Å². The first-order valence-electron chi connectivity index (χ1n) is 10.3. The molecule has 0 amide bonds. The molecule has 0 unspecified atom stereocenters. The largest absolute Gasteiger partial charge is 0.464 e. The van der Waals surface area contributed by atoms with Gasteiger partial charge < -0.3 is 10.2 Å². The number of esters is 1. The number of carbonyl (C=O) groups excluding carboxylic acids is 1. The van der Waals surface area contributed by atoms with Crippen LogP contribution in [-0.2, 0) is 4.74 Å². The minimum atomic E-state index is -0.562. The van der Waals surface area contributed by atoms with Gasteiger partial charge in [-0.25, -0.2) is 9.47 Å². The van der Waals surface area contributed by atoms with Gasteiger partial charge in [0.05, 0.1) is 7.11 Å². The Morgan fingerprint density at radius 1 is 1.07 bits per heavy atom. The van der Waals surface area contributed by atoms with Gasteiger partial charge >= 0.3 is 5.97 Å². The summed E-state index contributed by atoms with van der Waals surface area (Å²) in [6, 6.07) is 13.2. The van der Waals surface area contributed by atoms with Crippen molar-refractivity contribution < 1.29 is 9.53 Å². The fourth-order valence-electron chi connectivity index (χ4n) is 4.21. The molecule has 156 valence electrons. The Balaban J connectivity index is 2.05. The highest BCUT2D eigenvalue weighted by Crippen LogP contribution is 2.33. The van der Waals surface area contributed by atoms with E-state index in [0.29, 0.717) is 21.4 Å². The van der Waals surface area contributed by atoms with Crippen molar-refractivity contribution in [2.75, 3.05) is 12.5 Å². The van der Waals surface area contributed by atoms with Gasteiger partial charge in [0.1, 0.15) is 0 Å². The van der Waals surface area contributed by atoms with Crippen LogP contribution in [0.15, 0.2) is 47.3 Å². The highest BCUT2D eigenvalue weighted by Gasteiger charge is 2.26. The summed E-state index contributed by atoms with van der Waals surface area (Å²) in [6.07, 6.45) is 5.33. The van der Waals surface area contributed by atoms with E-state index in [1.807, 2.05) is 31.2 Å². The Morgan fingerprint density at radius 2 is 1.77 bits per heavy atom. The summed E-state index contributed by atoms with van der Waals surface area (Å²) in [5.41, 5.74) is 5.83. The van der Waals surface area contributed by atoms with E-state index in [4.69, 9.17) is 16.3 Å². The number of hydrogen-bond acceptors (Lipinski definition) is 4. The fourth-order valence-corrected chi connectivity index (χ4v) is 4.38. The summed E-state index contributed by atoms with van der Waals surface area (Å²) in [6.45, 7) is 2.01. The first kappa shape index (κ1) is 20.5. The van der Waals surface area contributed by atoms with Gasteiger partial charge in [-0.2, -0.15) is 0 Å². The third-order valence-electron chi connectivity index (χ3n) is 5.78. The minimum absolute atomic E-state index is 0.135. The Labute approximate surface area is 180 Å². The topological polar surface area (TPSA) is 60.3 Å². The van der Waals surface area contributed by atoms with Crippen LogP contribution in [0.2, 0.25) is 5.02 Å². The number of nitrogens with one attached hydrogen (secondary N) is 1. The third kappa shape index (κ3) is 3.82. The first-order chi connectivity index (χ1) is 14.5. The monoisotopic (exact) mass is 424 g/mol. The molecule has 0 aliphatic heterocycles. The summed E-state index contributed by atoms with van der Waals surface area (Å²) in [4.78, 5) is 26.4. The number of carbonyl (C=O) groups is 1. The molecule has 0 saturated heterocycles. The maximum atomic E-state index is 13.4. The molecular weight excluding hydrogens is 400 g/mol. The molecule has 6 heteroatoms.